The average molecular weight is 323 g/mol. The van der Waals surface area contributed by atoms with Gasteiger partial charge >= 0.3 is 0 Å². The number of nitrogens with zero attached hydrogens (tertiary/aromatic N) is 1. The molecule has 2 aromatic rings. The Morgan fingerprint density at radius 1 is 1.25 bits per heavy atom. The van der Waals surface area contributed by atoms with Crippen molar-refractivity contribution < 1.29 is 10.0 Å². The first-order chi connectivity index (χ1) is 11.2. The van der Waals surface area contributed by atoms with Crippen molar-refractivity contribution in [3.8, 4) is 5.75 Å². The van der Waals surface area contributed by atoms with Crippen LogP contribution in [0.25, 0.3) is 6.08 Å². The zero-order chi connectivity index (χ0) is 17.9. The summed E-state index contributed by atoms with van der Waals surface area (Å²) in [6.07, 6.45) is 3.45. The summed E-state index contributed by atoms with van der Waals surface area (Å²) >= 11 is 0. The van der Waals surface area contributed by atoms with Crippen molar-refractivity contribution in [2.45, 2.75) is 26.2 Å². The molecular weight excluding hydrogens is 302 g/mol. The SMILES string of the molecule is C=C(/C=C/c1cc([N+](=O)[O-])ccc1O)C(C)(C)c1ccccc1C. The highest BCUT2D eigenvalue weighted by atomic mass is 16.6. The Morgan fingerprint density at radius 3 is 2.54 bits per heavy atom. The molecule has 0 spiro atoms. The van der Waals surface area contributed by atoms with E-state index in [1.54, 1.807) is 12.2 Å². The number of phenols is 1. The minimum Gasteiger partial charge on any atom is -0.507 e. The lowest BCUT2D eigenvalue weighted by Gasteiger charge is -2.28. The fourth-order valence-electron chi connectivity index (χ4n) is 2.63. The predicted octanol–water partition coefficient (Wildman–Crippen LogP) is 5.16. The number of nitro benzene ring substituents is 1. The largest absolute Gasteiger partial charge is 0.507 e. The van der Waals surface area contributed by atoms with Crippen molar-refractivity contribution in [3.05, 3.63) is 87.5 Å². The van der Waals surface area contributed by atoms with Crippen molar-refractivity contribution >= 4 is 11.8 Å². The molecule has 4 heteroatoms. The number of allylic oxidation sites excluding steroid dienone is 2. The van der Waals surface area contributed by atoms with Crippen molar-refractivity contribution in [1.82, 2.24) is 0 Å². The van der Waals surface area contributed by atoms with Gasteiger partial charge in [-0.3, -0.25) is 10.1 Å². The maximum Gasteiger partial charge on any atom is 0.270 e. The van der Waals surface area contributed by atoms with Crippen LogP contribution < -0.4 is 0 Å². The molecule has 0 bridgehead atoms. The van der Waals surface area contributed by atoms with E-state index in [2.05, 4.69) is 39.5 Å². The van der Waals surface area contributed by atoms with Crippen LogP contribution in [0.4, 0.5) is 5.69 Å². The van der Waals surface area contributed by atoms with Crippen LogP contribution in [0.15, 0.2) is 60.7 Å². The molecule has 0 unspecified atom stereocenters. The molecule has 0 amide bonds. The number of hydrogen-bond acceptors (Lipinski definition) is 3. The fourth-order valence-corrected chi connectivity index (χ4v) is 2.63. The van der Waals surface area contributed by atoms with Gasteiger partial charge in [-0.1, -0.05) is 56.8 Å². The molecular formula is C20H21NO3. The van der Waals surface area contributed by atoms with Crippen LogP contribution in [-0.2, 0) is 5.41 Å². The van der Waals surface area contributed by atoms with Gasteiger partial charge in [0, 0.05) is 23.1 Å². The molecule has 0 saturated heterocycles. The second kappa shape index (κ2) is 6.71. The van der Waals surface area contributed by atoms with Crippen LogP contribution in [0.1, 0.15) is 30.5 Å². The molecule has 0 fully saturated rings. The molecule has 0 heterocycles. The highest BCUT2D eigenvalue weighted by molar-refractivity contribution is 5.63. The first-order valence-electron chi connectivity index (χ1n) is 7.64. The van der Waals surface area contributed by atoms with Gasteiger partial charge in [-0.25, -0.2) is 0 Å². The number of non-ortho nitro benzene ring substituents is 1. The highest BCUT2D eigenvalue weighted by Crippen LogP contribution is 2.34. The summed E-state index contributed by atoms with van der Waals surface area (Å²) in [4.78, 5) is 10.4. The summed E-state index contributed by atoms with van der Waals surface area (Å²) in [7, 11) is 0. The number of nitro groups is 1. The summed E-state index contributed by atoms with van der Waals surface area (Å²) in [6.45, 7) is 10.4. The monoisotopic (exact) mass is 323 g/mol. The first kappa shape index (κ1) is 17.5. The maximum absolute atomic E-state index is 10.9. The Bertz CT molecular complexity index is 819. The van der Waals surface area contributed by atoms with Crippen molar-refractivity contribution in [3.63, 3.8) is 0 Å². The molecule has 0 radical (unpaired) electrons. The van der Waals surface area contributed by atoms with Crippen LogP contribution >= 0.6 is 0 Å². The Balaban J connectivity index is 2.32. The predicted molar refractivity (Wildman–Crippen MR) is 97.1 cm³/mol. The van der Waals surface area contributed by atoms with Crippen molar-refractivity contribution in [1.29, 1.82) is 0 Å². The molecule has 0 aliphatic carbocycles. The van der Waals surface area contributed by atoms with E-state index in [4.69, 9.17) is 0 Å². The van der Waals surface area contributed by atoms with Crippen LogP contribution in [-0.4, -0.2) is 10.0 Å². The van der Waals surface area contributed by atoms with Crippen LogP contribution in [0.3, 0.4) is 0 Å². The maximum atomic E-state index is 10.9. The normalized spacial score (nSPS) is 11.6. The number of phenolic OH excluding ortho intramolecular Hbond substituents is 1. The second-order valence-corrected chi connectivity index (χ2v) is 6.30. The standard InChI is InChI=1S/C20H21NO3/c1-14-7-5-6-8-18(14)20(3,4)15(2)9-10-16-13-17(21(23)24)11-12-19(16)22/h5-13,22H,2H2,1,3-4H3/b10-9+. The first-order valence-corrected chi connectivity index (χ1v) is 7.64. The van der Waals surface area contributed by atoms with Gasteiger partial charge in [-0.05, 0) is 29.7 Å². The number of hydrogen-bond donors (Lipinski definition) is 1. The van der Waals surface area contributed by atoms with Crippen molar-refractivity contribution in [2.24, 2.45) is 0 Å². The number of aryl methyl sites for hydroxylation is 1. The molecule has 0 aliphatic heterocycles. The third kappa shape index (κ3) is 3.54. The molecule has 2 aromatic carbocycles. The van der Waals surface area contributed by atoms with Gasteiger partial charge in [0.05, 0.1) is 4.92 Å². The quantitative estimate of drug-likeness (QED) is 0.470. The van der Waals surface area contributed by atoms with Gasteiger partial charge in [0.2, 0.25) is 0 Å². The third-order valence-electron chi connectivity index (χ3n) is 4.31. The lowest BCUT2D eigenvalue weighted by molar-refractivity contribution is -0.384. The van der Waals surface area contributed by atoms with Gasteiger partial charge in [0.1, 0.15) is 5.75 Å². The van der Waals surface area contributed by atoms with E-state index >= 15 is 0 Å². The van der Waals surface area contributed by atoms with E-state index in [-0.39, 0.29) is 16.9 Å². The summed E-state index contributed by atoms with van der Waals surface area (Å²) in [5.41, 5.74) is 3.24. The number of rotatable bonds is 5. The summed E-state index contributed by atoms with van der Waals surface area (Å²) < 4.78 is 0. The zero-order valence-electron chi connectivity index (χ0n) is 14.1. The summed E-state index contributed by atoms with van der Waals surface area (Å²) in [5, 5.41) is 20.8. The van der Waals surface area contributed by atoms with E-state index < -0.39 is 4.92 Å². The molecule has 2 rings (SSSR count). The minimum atomic E-state index is -0.483. The van der Waals surface area contributed by atoms with E-state index in [0.29, 0.717) is 5.56 Å². The molecule has 0 aliphatic rings. The second-order valence-electron chi connectivity index (χ2n) is 6.30. The van der Waals surface area contributed by atoms with Gasteiger partial charge in [0.15, 0.2) is 0 Å². The lowest BCUT2D eigenvalue weighted by Crippen LogP contribution is -2.19. The molecule has 24 heavy (non-hydrogen) atoms. The zero-order valence-corrected chi connectivity index (χ0v) is 14.1. The minimum absolute atomic E-state index is 0.00153. The van der Waals surface area contributed by atoms with Crippen molar-refractivity contribution in [2.75, 3.05) is 0 Å². The van der Waals surface area contributed by atoms with Crippen LogP contribution in [0.5, 0.6) is 5.75 Å². The topological polar surface area (TPSA) is 63.4 Å². The van der Waals surface area contributed by atoms with Gasteiger partial charge in [0.25, 0.3) is 5.69 Å². The van der Waals surface area contributed by atoms with Crippen LogP contribution in [0, 0.1) is 17.0 Å². The summed E-state index contributed by atoms with van der Waals surface area (Å²) in [6, 6.07) is 12.1. The van der Waals surface area contributed by atoms with E-state index in [1.807, 2.05) is 12.1 Å². The molecule has 0 atom stereocenters. The fraction of sp³-hybridized carbons (Fsp3) is 0.200. The van der Waals surface area contributed by atoms with E-state index in [9.17, 15) is 15.2 Å². The Morgan fingerprint density at radius 2 is 1.92 bits per heavy atom. The molecule has 0 aromatic heterocycles. The molecule has 0 saturated carbocycles. The van der Waals surface area contributed by atoms with E-state index in [1.165, 1.54) is 29.3 Å². The Labute approximate surface area is 141 Å². The number of benzene rings is 2. The Kier molecular flexibility index (Phi) is 4.88. The average Bonchev–Trinajstić information content (AvgIpc) is 2.53. The molecule has 124 valence electrons. The lowest BCUT2D eigenvalue weighted by atomic mass is 9.76. The number of aromatic hydroxyl groups is 1. The molecule has 4 nitrogen and oxygen atoms in total. The summed E-state index contributed by atoms with van der Waals surface area (Å²) in [5.74, 6) is -0.00153. The van der Waals surface area contributed by atoms with Crippen LogP contribution in [0.2, 0.25) is 0 Å². The third-order valence-corrected chi connectivity index (χ3v) is 4.31. The van der Waals surface area contributed by atoms with Gasteiger partial charge < -0.3 is 5.11 Å². The Hall–Kier alpha value is -2.88. The molecule has 1 N–H and O–H groups in total. The van der Waals surface area contributed by atoms with Gasteiger partial charge in [-0.15, -0.1) is 0 Å². The highest BCUT2D eigenvalue weighted by Gasteiger charge is 2.24. The smallest absolute Gasteiger partial charge is 0.270 e. The van der Waals surface area contributed by atoms with E-state index in [0.717, 1.165) is 5.57 Å². The van der Waals surface area contributed by atoms with Gasteiger partial charge in [-0.2, -0.15) is 0 Å².